The first kappa shape index (κ1) is 25.1. The zero-order valence-corrected chi connectivity index (χ0v) is 21.4. The van der Waals surface area contributed by atoms with Crippen molar-refractivity contribution in [3.8, 4) is 5.75 Å². The van der Waals surface area contributed by atoms with E-state index in [1.165, 1.54) is 26.0 Å². The number of carbonyl (C=O) groups is 2. The molecule has 1 saturated heterocycles. The number of halogens is 3. The topological polar surface area (TPSA) is 77.6 Å². The Morgan fingerprint density at radius 3 is 2.35 bits per heavy atom. The molecule has 3 aromatic carbocycles. The number of fused-ring (bicyclic) bond motifs is 1. The van der Waals surface area contributed by atoms with Gasteiger partial charge in [-0.2, -0.15) is 0 Å². The molecule has 1 aliphatic rings. The van der Waals surface area contributed by atoms with Gasteiger partial charge in [0.15, 0.2) is 11.7 Å². The fourth-order valence-electron chi connectivity index (χ4n) is 4.58. The number of rotatable bonds is 6. The molecule has 0 saturated carbocycles. The minimum absolute atomic E-state index is 0.0405. The Morgan fingerprint density at radius 2 is 1.68 bits per heavy atom. The number of ether oxygens (including phenoxy) is 3. The van der Waals surface area contributed by atoms with Crippen LogP contribution in [0.3, 0.4) is 0 Å². The van der Waals surface area contributed by atoms with Crippen LogP contribution in [0.25, 0.3) is 10.9 Å². The van der Waals surface area contributed by atoms with Crippen molar-refractivity contribution in [2.75, 3.05) is 0 Å². The largest absolute Gasteiger partial charge is 0.486 e. The third-order valence-corrected chi connectivity index (χ3v) is 6.70. The zero-order valence-electron chi connectivity index (χ0n) is 19.9. The summed E-state index contributed by atoms with van der Waals surface area (Å²) in [5, 5.41) is 1.15. The predicted octanol–water partition coefficient (Wildman–Crippen LogP) is 6.78. The molecule has 0 aliphatic carbocycles. The van der Waals surface area contributed by atoms with Crippen LogP contribution in [0.15, 0.2) is 66.9 Å². The second-order valence-corrected chi connectivity index (χ2v) is 10.0. The second-order valence-electron chi connectivity index (χ2n) is 9.22. The van der Waals surface area contributed by atoms with Gasteiger partial charge in [0.05, 0.1) is 10.0 Å². The number of hydrogen-bond donors (Lipinski definition) is 1. The Kier molecular flexibility index (Phi) is 6.60. The van der Waals surface area contributed by atoms with E-state index in [9.17, 15) is 14.0 Å². The van der Waals surface area contributed by atoms with Gasteiger partial charge in [-0.05, 0) is 47.0 Å². The molecule has 1 atom stereocenters. The van der Waals surface area contributed by atoms with Crippen LogP contribution in [0.5, 0.6) is 5.75 Å². The lowest BCUT2D eigenvalue weighted by Crippen LogP contribution is -2.48. The van der Waals surface area contributed by atoms with E-state index < -0.39 is 29.6 Å². The van der Waals surface area contributed by atoms with E-state index in [4.69, 9.17) is 37.4 Å². The summed E-state index contributed by atoms with van der Waals surface area (Å²) in [7, 11) is 0. The predicted molar refractivity (Wildman–Crippen MR) is 137 cm³/mol. The fraction of sp³-hybridized carbons (Fsp3) is 0.214. The fourth-order valence-corrected chi connectivity index (χ4v) is 5.20. The molecule has 190 valence electrons. The standard InChI is InChI=1S/C28H22Cl2FNO5/c1-28(2)36-26(33)24(27(34)37-28)23(19-13-32-22-9-4-3-8-18(19)22)16-11-20(29)25(21(30)12-16)35-14-15-6-5-7-17(31)10-15/h3-13,23-24,32H,14H2,1-2H3/t23-/m0/s1. The number of carbonyl (C=O) groups excluding carboxylic acids is 2. The van der Waals surface area contributed by atoms with Crippen molar-refractivity contribution in [1.29, 1.82) is 0 Å². The molecule has 0 radical (unpaired) electrons. The lowest BCUT2D eigenvalue weighted by Gasteiger charge is -2.36. The average Bonchev–Trinajstić information content (AvgIpc) is 3.24. The molecule has 1 aromatic heterocycles. The minimum atomic E-state index is -1.38. The number of esters is 2. The summed E-state index contributed by atoms with van der Waals surface area (Å²) < 4.78 is 30.2. The second kappa shape index (κ2) is 9.72. The highest BCUT2D eigenvalue weighted by Gasteiger charge is 2.48. The summed E-state index contributed by atoms with van der Waals surface area (Å²) >= 11 is 13.2. The van der Waals surface area contributed by atoms with E-state index >= 15 is 0 Å². The maximum atomic E-state index is 13.5. The van der Waals surface area contributed by atoms with Gasteiger partial charge >= 0.3 is 11.9 Å². The number of cyclic esters (lactones) is 2. The molecule has 9 heteroatoms. The van der Waals surface area contributed by atoms with Crippen molar-refractivity contribution in [1.82, 2.24) is 4.98 Å². The number of aromatic amines is 1. The number of nitrogens with one attached hydrogen (secondary N) is 1. The third kappa shape index (κ3) is 5.02. The molecular formula is C28H22Cl2FNO5. The first-order valence-corrected chi connectivity index (χ1v) is 12.3. The highest BCUT2D eigenvalue weighted by atomic mass is 35.5. The Morgan fingerprint density at radius 1 is 1.00 bits per heavy atom. The summed E-state index contributed by atoms with van der Waals surface area (Å²) in [6.07, 6.45) is 1.74. The lowest BCUT2D eigenvalue weighted by molar-refractivity contribution is -0.240. The first-order chi connectivity index (χ1) is 17.6. The van der Waals surface area contributed by atoms with Gasteiger partial charge in [0.25, 0.3) is 5.79 Å². The smallest absolute Gasteiger partial charge is 0.324 e. The van der Waals surface area contributed by atoms with Crippen molar-refractivity contribution in [3.05, 3.63) is 99.4 Å². The minimum Gasteiger partial charge on any atom is -0.486 e. The average molecular weight is 542 g/mol. The van der Waals surface area contributed by atoms with Gasteiger partial charge in [0.2, 0.25) is 0 Å². The van der Waals surface area contributed by atoms with E-state index in [2.05, 4.69) is 4.98 Å². The summed E-state index contributed by atoms with van der Waals surface area (Å²) in [6, 6.07) is 16.7. The molecule has 0 spiro atoms. The molecule has 37 heavy (non-hydrogen) atoms. The number of H-pyrrole nitrogens is 1. The van der Waals surface area contributed by atoms with Crippen LogP contribution in [0.1, 0.15) is 36.5 Å². The molecule has 1 aliphatic heterocycles. The number of hydrogen-bond acceptors (Lipinski definition) is 5. The maximum Gasteiger partial charge on any atom is 0.324 e. The molecule has 0 bridgehead atoms. The summed E-state index contributed by atoms with van der Waals surface area (Å²) in [4.78, 5) is 29.5. The highest BCUT2D eigenvalue weighted by Crippen LogP contribution is 2.44. The third-order valence-electron chi connectivity index (χ3n) is 6.14. The summed E-state index contributed by atoms with van der Waals surface area (Å²) in [5.74, 6) is -5.10. The van der Waals surface area contributed by atoms with E-state index in [0.717, 1.165) is 10.9 Å². The van der Waals surface area contributed by atoms with Crippen LogP contribution in [0.4, 0.5) is 4.39 Å². The lowest BCUT2D eigenvalue weighted by atomic mass is 9.80. The molecular weight excluding hydrogens is 520 g/mol. The van der Waals surface area contributed by atoms with Crippen LogP contribution in [0, 0.1) is 11.7 Å². The molecule has 6 nitrogen and oxygen atoms in total. The normalized spacial score (nSPS) is 16.4. The summed E-state index contributed by atoms with van der Waals surface area (Å²) in [5.41, 5.74) is 2.60. The Hall–Kier alpha value is -3.55. The molecule has 0 unspecified atom stereocenters. The van der Waals surface area contributed by atoms with Gasteiger partial charge in [-0.25, -0.2) is 4.39 Å². The van der Waals surface area contributed by atoms with Crippen molar-refractivity contribution in [3.63, 3.8) is 0 Å². The molecule has 1 fully saturated rings. The van der Waals surface area contributed by atoms with Gasteiger partial charge in [-0.1, -0.05) is 53.5 Å². The van der Waals surface area contributed by atoms with E-state index in [1.54, 1.807) is 30.5 Å². The maximum absolute atomic E-state index is 13.5. The quantitative estimate of drug-likeness (QED) is 0.215. The highest BCUT2D eigenvalue weighted by molar-refractivity contribution is 6.37. The Labute approximate surface area is 222 Å². The molecule has 1 N–H and O–H groups in total. The van der Waals surface area contributed by atoms with Crippen molar-refractivity contribution in [2.24, 2.45) is 5.92 Å². The van der Waals surface area contributed by atoms with E-state index in [0.29, 0.717) is 16.7 Å². The van der Waals surface area contributed by atoms with Gasteiger partial charge < -0.3 is 19.2 Å². The number of benzene rings is 3. The van der Waals surface area contributed by atoms with E-state index in [-0.39, 0.29) is 28.2 Å². The Bertz CT molecular complexity index is 1470. The van der Waals surface area contributed by atoms with Crippen LogP contribution >= 0.6 is 23.2 Å². The van der Waals surface area contributed by atoms with Gasteiger partial charge in [-0.3, -0.25) is 9.59 Å². The Balaban J connectivity index is 1.57. The SMILES string of the molecule is CC1(C)OC(=O)C([C@@H](c2cc(Cl)c(OCc3cccc(F)c3)c(Cl)c2)c2c[nH]c3ccccc23)C(=O)O1. The monoisotopic (exact) mass is 541 g/mol. The zero-order chi connectivity index (χ0) is 26.3. The van der Waals surface area contributed by atoms with Gasteiger partial charge in [0, 0.05) is 36.9 Å². The molecule has 5 rings (SSSR count). The van der Waals surface area contributed by atoms with Crippen molar-refractivity contribution in [2.45, 2.75) is 32.2 Å². The van der Waals surface area contributed by atoms with Gasteiger partial charge in [0.1, 0.15) is 12.4 Å². The molecule has 0 amide bonds. The number of para-hydroxylation sites is 1. The van der Waals surface area contributed by atoms with Gasteiger partial charge in [-0.15, -0.1) is 0 Å². The van der Waals surface area contributed by atoms with Crippen molar-refractivity contribution < 1.29 is 28.2 Å². The first-order valence-electron chi connectivity index (χ1n) is 11.5. The molecule has 2 heterocycles. The van der Waals surface area contributed by atoms with Crippen LogP contribution in [-0.2, 0) is 25.7 Å². The van der Waals surface area contributed by atoms with Crippen LogP contribution in [0.2, 0.25) is 10.0 Å². The summed E-state index contributed by atoms with van der Waals surface area (Å²) in [6.45, 7) is 3.04. The van der Waals surface area contributed by atoms with Crippen LogP contribution < -0.4 is 4.74 Å². The van der Waals surface area contributed by atoms with Crippen molar-refractivity contribution >= 4 is 46.0 Å². The van der Waals surface area contributed by atoms with E-state index in [1.807, 2.05) is 24.3 Å². The molecule has 4 aromatic rings. The van der Waals surface area contributed by atoms with Crippen LogP contribution in [-0.4, -0.2) is 22.7 Å². The number of aromatic nitrogens is 1.